The Balaban J connectivity index is 2.40. The van der Waals surface area contributed by atoms with Crippen LogP contribution in [-0.4, -0.2) is 26.2 Å². The fraction of sp³-hybridized carbons (Fsp3) is 0.538. The van der Waals surface area contributed by atoms with E-state index in [1.807, 2.05) is 0 Å². The molecule has 0 bridgehead atoms. The smallest absolute Gasteiger partial charge is 0.350 e. The van der Waals surface area contributed by atoms with Crippen LogP contribution < -0.4 is 10.6 Å². The number of anilines is 2. The van der Waals surface area contributed by atoms with Crippen molar-refractivity contribution in [1.82, 2.24) is 0 Å². The van der Waals surface area contributed by atoms with Gasteiger partial charge in [-0.2, -0.15) is 5.26 Å². The zero-order valence-electron chi connectivity index (χ0n) is 11.1. The molecule has 2 heterocycles. The summed E-state index contributed by atoms with van der Waals surface area (Å²) >= 11 is 1.26. The van der Waals surface area contributed by atoms with Crippen LogP contribution in [0.15, 0.2) is 0 Å². The van der Waals surface area contributed by atoms with Crippen LogP contribution in [0, 0.1) is 17.2 Å². The van der Waals surface area contributed by atoms with Crippen molar-refractivity contribution >= 4 is 28.0 Å². The third-order valence-corrected chi connectivity index (χ3v) is 4.60. The Morgan fingerprint density at radius 2 is 2.37 bits per heavy atom. The highest BCUT2D eigenvalue weighted by molar-refractivity contribution is 7.18. The maximum absolute atomic E-state index is 11.6. The van der Waals surface area contributed by atoms with Crippen LogP contribution in [0.2, 0.25) is 0 Å². The minimum Gasteiger partial charge on any atom is -0.465 e. The number of nitrogens with two attached hydrogens (primary N) is 1. The van der Waals surface area contributed by atoms with Gasteiger partial charge in [-0.25, -0.2) is 4.79 Å². The molecular formula is C13H17N3O2S. The Bertz CT molecular complexity index is 533. The van der Waals surface area contributed by atoms with Gasteiger partial charge < -0.3 is 15.4 Å². The zero-order valence-corrected chi connectivity index (χ0v) is 11.9. The molecule has 6 heteroatoms. The maximum Gasteiger partial charge on any atom is 0.350 e. The van der Waals surface area contributed by atoms with Crippen LogP contribution in [-0.2, 0) is 4.74 Å². The standard InChI is InChI=1S/C13H17N3O2S/c1-8-4-3-5-16(7-8)12-9(6-14)10(15)11(19-12)13(17)18-2/h8H,3-5,7,15H2,1-2H3. The van der Waals surface area contributed by atoms with Crippen LogP contribution in [0.5, 0.6) is 0 Å². The molecule has 1 atom stereocenters. The van der Waals surface area contributed by atoms with Crippen molar-refractivity contribution in [2.45, 2.75) is 19.8 Å². The molecule has 1 fully saturated rings. The van der Waals surface area contributed by atoms with E-state index < -0.39 is 5.97 Å². The first-order valence-corrected chi connectivity index (χ1v) is 7.05. The topological polar surface area (TPSA) is 79.3 Å². The number of rotatable bonds is 2. The van der Waals surface area contributed by atoms with Gasteiger partial charge in [-0.1, -0.05) is 6.92 Å². The fourth-order valence-electron chi connectivity index (χ4n) is 2.38. The van der Waals surface area contributed by atoms with Crippen LogP contribution in [0.4, 0.5) is 10.7 Å². The Morgan fingerprint density at radius 1 is 1.63 bits per heavy atom. The number of hydrogen-bond donors (Lipinski definition) is 1. The Kier molecular flexibility index (Phi) is 3.96. The van der Waals surface area contributed by atoms with Gasteiger partial charge in [0, 0.05) is 13.1 Å². The van der Waals surface area contributed by atoms with E-state index in [0.29, 0.717) is 16.4 Å². The van der Waals surface area contributed by atoms with Gasteiger partial charge in [-0.05, 0) is 18.8 Å². The lowest BCUT2D eigenvalue weighted by Crippen LogP contribution is -2.34. The average molecular weight is 279 g/mol. The highest BCUT2D eigenvalue weighted by Crippen LogP contribution is 2.39. The summed E-state index contributed by atoms with van der Waals surface area (Å²) in [7, 11) is 1.32. The van der Waals surface area contributed by atoms with Crippen LogP contribution in [0.1, 0.15) is 35.0 Å². The van der Waals surface area contributed by atoms with E-state index in [0.717, 1.165) is 24.5 Å². The zero-order chi connectivity index (χ0) is 14.0. The number of nitrogens with zero attached hydrogens (tertiary/aromatic N) is 2. The monoisotopic (exact) mass is 279 g/mol. The lowest BCUT2D eigenvalue weighted by molar-refractivity contribution is 0.0607. The van der Waals surface area contributed by atoms with Crippen molar-refractivity contribution in [3.63, 3.8) is 0 Å². The normalized spacial score (nSPS) is 19.0. The van der Waals surface area contributed by atoms with Gasteiger partial charge in [0.1, 0.15) is 21.5 Å². The maximum atomic E-state index is 11.6. The SMILES string of the molecule is COC(=O)c1sc(N2CCCC(C)C2)c(C#N)c1N. The van der Waals surface area contributed by atoms with E-state index in [1.165, 1.54) is 24.9 Å². The second kappa shape index (κ2) is 5.49. The van der Waals surface area contributed by atoms with Crippen molar-refractivity contribution in [3.8, 4) is 6.07 Å². The molecule has 1 aromatic rings. The number of nitrogen functional groups attached to an aromatic ring is 1. The van der Waals surface area contributed by atoms with Crippen molar-refractivity contribution in [3.05, 3.63) is 10.4 Å². The third-order valence-electron chi connectivity index (χ3n) is 3.35. The van der Waals surface area contributed by atoms with E-state index in [-0.39, 0.29) is 5.69 Å². The summed E-state index contributed by atoms with van der Waals surface area (Å²) in [6.07, 6.45) is 2.29. The molecule has 0 aromatic carbocycles. The summed E-state index contributed by atoms with van der Waals surface area (Å²) in [4.78, 5) is 14.1. The van der Waals surface area contributed by atoms with Gasteiger partial charge in [0.25, 0.3) is 0 Å². The van der Waals surface area contributed by atoms with Crippen molar-refractivity contribution in [1.29, 1.82) is 5.26 Å². The summed E-state index contributed by atoms with van der Waals surface area (Å²) in [6, 6.07) is 2.11. The number of esters is 1. The van der Waals surface area contributed by atoms with E-state index in [4.69, 9.17) is 10.5 Å². The number of nitriles is 1. The second-order valence-corrected chi connectivity index (χ2v) is 5.82. The van der Waals surface area contributed by atoms with E-state index in [1.54, 1.807) is 0 Å². The van der Waals surface area contributed by atoms with Gasteiger partial charge >= 0.3 is 5.97 Å². The first-order valence-electron chi connectivity index (χ1n) is 6.24. The van der Waals surface area contributed by atoms with Gasteiger partial charge in [-0.15, -0.1) is 11.3 Å². The Morgan fingerprint density at radius 3 is 2.95 bits per heavy atom. The minimum absolute atomic E-state index is 0.243. The predicted octanol–water partition coefficient (Wildman–Crippen LogP) is 2.22. The first-order chi connectivity index (χ1) is 9.08. The summed E-state index contributed by atoms with van der Waals surface area (Å²) in [5.74, 6) is 0.112. The number of carbonyl (C=O) groups excluding carboxylic acids is 1. The molecule has 0 amide bonds. The van der Waals surface area contributed by atoms with Gasteiger partial charge in [-0.3, -0.25) is 0 Å². The molecule has 0 saturated carbocycles. The molecule has 0 spiro atoms. The molecule has 5 nitrogen and oxygen atoms in total. The van der Waals surface area contributed by atoms with Crippen molar-refractivity contribution < 1.29 is 9.53 Å². The summed E-state index contributed by atoms with van der Waals surface area (Å²) in [5, 5.41) is 10.1. The summed E-state index contributed by atoms with van der Waals surface area (Å²) in [5.41, 5.74) is 6.54. The molecule has 19 heavy (non-hydrogen) atoms. The molecule has 1 aromatic heterocycles. The summed E-state index contributed by atoms with van der Waals surface area (Å²) in [6.45, 7) is 3.99. The third kappa shape index (κ3) is 2.51. The number of thiophene rings is 1. The van der Waals surface area contributed by atoms with Gasteiger partial charge in [0.15, 0.2) is 0 Å². The predicted molar refractivity (Wildman–Crippen MR) is 75.4 cm³/mol. The molecule has 1 unspecified atom stereocenters. The van der Waals surface area contributed by atoms with Gasteiger partial charge in [0.05, 0.1) is 12.8 Å². The number of carbonyl (C=O) groups is 1. The first kappa shape index (κ1) is 13.7. The highest BCUT2D eigenvalue weighted by atomic mass is 32.1. The lowest BCUT2D eigenvalue weighted by atomic mass is 10.0. The number of hydrogen-bond acceptors (Lipinski definition) is 6. The molecule has 0 radical (unpaired) electrons. The van der Waals surface area contributed by atoms with E-state index in [2.05, 4.69) is 17.9 Å². The largest absolute Gasteiger partial charge is 0.465 e. The van der Waals surface area contributed by atoms with E-state index >= 15 is 0 Å². The summed E-state index contributed by atoms with van der Waals surface area (Å²) < 4.78 is 4.70. The number of ether oxygens (including phenoxy) is 1. The number of methoxy groups -OCH3 is 1. The molecular weight excluding hydrogens is 262 g/mol. The molecule has 2 N–H and O–H groups in total. The Hall–Kier alpha value is -1.74. The van der Waals surface area contributed by atoms with Crippen molar-refractivity contribution in [2.24, 2.45) is 5.92 Å². The lowest BCUT2D eigenvalue weighted by Gasteiger charge is -2.31. The highest BCUT2D eigenvalue weighted by Gasteiger charge is 2.27. The molecule has 1 aliphatic rings. The molecule has 102 valence electrons. The average Bonchev–Trinajstić information content (AvgIpc) is 2.75. The quantitative estimate of drug-likeness (QED) is 0.840. The van der Waals surface area contributed by atoms with Crippen LogP contribution in [0.3, 0.4) is 0 Å². The number of piperidine rings is 1. The van der Waals surface area contributed by atoms with Gasteiger partial charge in [0.2, 0.25) is 0 Å². The van der Waals surface area contributed by atoms with Crippen LogP contribution >= 0.6 is 11.3 Å². The molecule has 1 aliphatic heterocycles. The van der Waals surface area contributed by atoms with E-state index in [9.17, 15) is 10.1 Å². The Labute approximate surface area is 116 Å². The van der Waals surface area contributed by atoms with Crippen LogP contribution in [0.25, 0.3) is 0 Å². The molecule has 2 rings (SSSR count). The molecule has 1 saturated heterocycles. The fourth-order valence-corrected chi connectivity index (χ4v) is 3.50. The molecule has 0 aliphatic carbocycles. The van der Waals surface area contributed by atoms with Crippen molar-refractivity contribution in [2.75, 3.05) is 30.8 Å². The second-order valence-electron chi connectivity index (χ2n) is 4.82. The minimum atomic E-state index is -0.477.